The van der Waals surface area contributed by atoms with Crippen molar-refractivity contribution in [1.29, 1.82) is 0 Å². The van der Waals surface area contributed by atoms with E-state index in [2.05, 4.69) is 23.2 Å². The molecule has 1 aliphatic rings. The number of aliphatic hydroxyl groups is 1. The van der Waals surface area contributed by atoms with Crippen molar-refractivity contribution in [2.45, 2.75) is 25.9 Å². The van der Waals surface area contributed by atoms with Crippen molar-refractivity contribution >= 4 is 10.9 Å². The number of aliphatic hydroxyl groups excluding tert-OH is 1. The smallest absolute Gasteiger partial charge is 0.0875 e. The molecule has 3 rings (SSSR count). The van der Waals surface area contributed by atoms with Crippen LogP contribution >= 0.6 is 0 Å². The first-order valence-corrected chi connectivity index (χ1v) is 6.88. The van der Waals surface area contributed by atoms with Gasteiger partial charge in [0.05, 0.1) is 11.6 Å². The second-order valence-electron chi connectivity index (χ2n) is 5.28. The summed E-state index contributed by atoms with van der Waals surface area (Å²) in [5.74, 6) is 0.213. The first kappa shape index (κ1) is 12.6. The van der Waals surface area contributed by atoms with E-state index in [1.54, 1.807) is 0 Å². The van der Waals surface area contributed by atoms with Crippen LogP contribution in [0.4, 0.5) is 0 Å². The fraction of sp³-hybridized carbons (Fsp3) is 0.438. The molecule has 2 atom stereocenters. The Labute approximate surface area is 113 Å². The predicted molar refractivity (Wildman–Crippen MR) is 75.0 cm³/mol. The standard InChI is InChI=1S/C16H19NO2/c1-11-4-5-12-9-13(6-7-15(12)17-11)16-14(10-18)3-2-8-19-16/h4-7,9,14,16,18H,2-3,8,10H2,1H3. The molecule has 0 amide bonds. The number of hydrogen-bond donors (Lipinski definition) is 1. The van der Waals surface area contributed by atoms with Gasteiger partial charge in [0.15, 0.2) is 0 Å². The summed E-state index contributed by atoms with van der Waals surface area (Å²) in [6.07, 6.45) is 2.09. The number of aryl methyl sites for hydroxylation is 1. The molecule has 0 radical (unpaired) electrons. The third-order valence-electron chi connectivity index (χ3n) is 3.86. The van der Waals surface area contributed by atoms with Gasteiger partial charge in [0.2, 0.25) is 0 Å². The molecule has 1 aromatic carbocycles. The van der Waals surface area contributed by atoms with Gasteiger partial charge in [-0.25, -0.2) is 0 Å². The Morgan fingerprint density at radius 3 is 3.05 bits per heavy atom. The van der Waals surface area contributed by atoms with Gasteiger partial charge in [-0.1, -0.05) is 12.1 Å². The average Bonchev–Trinajstić information content (AvgIpc) is 2.46. The minimum atomic E-state index is 0.0180. The number of pyridine rings is 1. The zero-order chi connectivity index (χ0) is 13.2. The van der Waals surface area contributed by atoms with Crippen molar-refractivity contribution in [3.05, 3.63) is 41.6 Å². The Morgan fingerprint density at radius 2 is 2.21 bits per heavy atom. The molecule has 3 heteroatoms. The highest BCUT2D eigenvalue weighted by Crippen LogP contribution is 2.34. The van der Waals surface area contributed by atoms with E-state index in [-0.39, 0.29) is 18.6 Å². The van der Waals surface area contributed by atoms with Gasteiger partial charge < -0.3 is 9.84 Å². The molecule has 2 heterocycles. The van der Waals surface area contributed by atoms with Gasteiger partial charge >= 0.3 is 0 Å². The molecule has 0 bridgehead atoms. The van der Waals surface area contributed by atoms with E-state index in [1.807, 2.05) is 19.1 Å². The zero-order valence-electron chi connectivity index (χ0n) is 11.2. The molecule has 2 unspecified atom stereocenters. The van der Waals surface area contributed by atoms with E-state index in [0.29, 0.717) is 0 Å². The highest BCUT2D eigenvalue weighted by atomic mass is 16.5. The maximum atomic E-state index is 9.48. The number of hydrogen-bond acceptors (Lipinski definition) is 3. The van der Waals surface area contributed by atoms with Crippen LogP contribution in [0.15, 0.2) is 30.3 Å². The number of rotatable bonds is 2. The summed E-state index contributed by atoms with van der Waals surface area (Å²) in [6, 6.07) is 10.4. The van der Waals surface area contributed by atoms with Crippen LogP contribution in [0.2, 0.25) is 0 Å². The van der Waals surface area contributed by atoms with Crippen LogP contribution in [0, 0.1) is 12.8 Å². The first-order valence-electron chi connectivity index (χ1n) is 6.88. The Morgan fingerprint density at radius 1 is 1.32 bits per heavy atom. The lowest BCUT2D eigenvalue weighted by Crippen LogP contribution is -2.25. The Balaban J connectivity index is 1.97. The van der Waals surface area contributed by atoms with Gasteiger partial charge in [-0.05, 0) is 43.5 Å². The van der Waals surface area contributed by atoms with E-state index >= 15 is 0 Å². The Hall–Kier alpha value is -1.45. The van der Waals surface area contributed by atoms with Crippen LogP contribution in [0.5, 0.6) is 0 Å². The molecule has 1 aromatic heterocycles. The van der Waals surface area contributed by atoms with Crippen LogP contribution < -0.4 is 0 Å². The number of aromatic nitrogens is 1. The summed E-state index contributed by atoms with van der Waals surface area (Å²) in [5.41, 5.74) is 3.19. The summed E-state index contributed by atoms with van der Waals surface area (Å²) in [6.45, 7) is 2.97. The van der Waals surface area contributed by atoms with E-state index in [0.717, 1.165) is 41.6 Å². The fourth-order valence-electron chi connectivity index (χ4n) is 2.82. The summed E-state index contributed by atoms with van der Waals surface area (Å²) < 4.78 is 5.86. The van der Waals surface area contributed by atoms with Crippen LogP contribution in [-0.2, 0) is 4.74 Å². The van der Waals surface area contributed by atoms with Gasteiger partial charge in [-0.2, -0.15) is 0 Å². The molecule has 0 saturated carbocycles. The van der Waals surface area contributed by atoms with Gasteiger partial charge in [0.1, 0.15) is 0 Å². The minimum absolute atomic E-state index is 0.0180. The maximum Gasteiger partial charge on any atom is 0.0875 e. The highest BCUT2D eigenvalue weighted by molar-refractivity contribution is 5.79. The monoisotopic (exact) mass is 257 g/mol. The molecule has 1 saturated heterocycles. The Bertz CT molecular complexity index is 582. The SMILES string of the molecule is Cc1ccc2cc(C3OCCCC3CO)ccc2n1. The van der Waals surface area contributed by atoms with E-state index in [4.69, 9.17) is 4.74 Å². The molecule has 1 aliphatic heterocycles. The molecule has 1 N–H and O–H groups in total. The second-order valence-corrected chi connectivity index (χ2v) is 5.28. The van der Waals surface area contributed by atoms with Gasteiger partial charge in [0, 0.05) is 30.2 Å². The number of ether oxygens (including phenoxy) is 1. The molecular formula is C16H19NO2. The third-order valence-corrected chi connectivity index (χ3v) is 3.86. The van der Waals surface area contributed by atoms with Crippen molar-refractivity contribution in [3.8, 4) is 0 Å². The molecule has 1 fully saturated rings. The van der Waals surface area contributed by atoms with Crippen LogP contribution in [0.1, 0.15) is 30.2 Å². The van der Waals surface area contributed by atoms with Crippen LogP contribution in [0.3, 0.4) is 0 Å². The van der Waals surface area contributed by atoms with Crippen LogP contribution in [0.25, 0.3) is 10.9 Å². The molecule has 2 aromatic rings. The highest BCUT2D eigenvalue weighted by Gasteiger charge is 2.26. The third kappa shape index (κ3) is 2.48. The van der Waals surface area contributed by atoms with Gasteiger partial charge in [0.25, 0.3) is 0 Å². The first-order chi connectivity index (χ1) is 9.28. The lowest BCUT2D eigenvalue weighted by atomic mass is 9.89. The average molecular weight is 257 g/mol. The quantitative estimate of drug-likeness (QED) is 0.899. The summed E-state index contributed by atoms with van der Waals surface area (Å²) in [4.78, 5) is 4.51. The van der Waals surface area contributed by atoms with E-state index < -0.39 is 0 Å². The van der Waals surface area contributed by atoms with Crippen molar-refractivity contribution in [2.75, 3.05) is 13.2 Å². The largest absolute Gasteiger partial charge is 0.396 e. The molecule has 0 aliphatic carbocycles. The van der Waals surface area contributed by atoms with Gasteiger partial charge in [-0.15, -0.1) is 0 Å². The molecule has 19 heavy (non-hydrogen) atoms. The topological polar surface area (TPSA) is 42.4 Å². The lowest BCUT2D eigenvalue weighted by molar-refractivity contribution is -0.0456. The number of fused-ring (bicyclic) bond motifs is 1. The summed E-state index contributed by atoms with van der Waals surface area (Å²) in [7, 11) is 0. The zero-order valence-corrected chi connectivity index (χ0v) is 11.2. The van der Waals surface area contributed by atoms with E-state index in [9.17, 15) is 5.11 Å². The number of nitrogens with zero attached hydrogens (tertiary/aromatic N) is 1. The Kier molecular flexibility index (Phi) is 3.49. The second kappa shape index (κ2) is 5.27. The maximum absolute atomic E-state index is 9.48. The van der Waals surface area contributed by atoms with Crippen molar-refractivity contribution < 1.29 is 9.84 Å². The number of benzene rings is 1. The van der Waals surface area contributed by atoms with Gasteiger partial charge in [-0.3, -0.25) is 4.98 Å². The normalized spacial score (nSPS) is 23.7. The van der Waals surface area contributed by atoms with Crippen LogP contribution in [-0.4, -0.2) is 23.3 Å². The van der Waals surface area contributed by atoms with Crippen molar-refractivity contribution in [1.82, 2.24) is 4.98 Å². The van der Waals surface area contributed by atoms with E-state index in [1.165, 1.54) is 0 Å². The molecule has 100 valence electrons. The molecule has 3 nitrogen and oxygen atoms in total. The predicted octanol–water partition coefficient (Wildman–Crippen LogP) is 3.00. The molecular weight excluding hydrogens is 238 g/mol. The summed E-state index contributed by atoms with van der Waals surface area (Å²) in [5, 5.41) is 10.6. The fourth-order valence-corrected chi connectivity index (χ4v) is 2.82. The lowest BCUT2D eigenvalue weighted by Gasteiger charge is -2.30. The molecule has 0 spiro atoms. The minimum Gasteiger partial charge on any atom is -0.396 e. The summed E-state index contributed by atoms with van der Waals surface area (Å²) >= 11 is 0. The van der Waals surface area contributed by atoms with Crippen molar-refractivity contribution in [2.24, 2.45) is 5.92 Å². The van der Waals surface area contributed by atoms with Crippen molar-refractivity contribution in [3.63, 3.8) is 0 Å².